The molecule has 0 saturated carbocycles. The molecule has 5 heteroatoms. The zero-order valence-electron chi connectivity index (χ0n) is 18.6. The highest BCUT2D eigenvalue weighted by molar-refractivity contribution is 6.16. The lowest BCUT2D eigenvalue weighted by Gasteiger charge is -2.04. The van der Waals surface area contributed by atoms with E-state index in [2.05, 4.69) is 36.2 Å². The number of allylic oxidation sites excluding steroid dienone is 12. The van der Waals surface area contributed by atoms with E-state index >= 15 is 0 Å². The zero-order valence-corrected chi connectivity index (χ0v) is 18.6. The van der Waals surface area contributed by atoms with Gasteiger partial charge in [0.2, 0.25) is 0 Å². The molecular weight excluding hydrogens is 417 g/mol. The van der Waals surface area contributed by atoms with Crippen molar-refractivity contribution in [3.8, 4) is 0 Å². The SMILES string of the molecule is CCCCCCCCC1=CC2=CC3=NC(=CC4=NC(=CC5=NC(=CC1=N2)C=C5)C=C4)C=C3.[MgH2]. The number of nitrogens with zero attached hydrogens (tertiary/aromatic N) is 4. The number of aliphatic imine (C=N–C) groups is 4. The van der Waals surface area contributed by atoms with Crippen molar-refractivity contribution in [1.29, 1.82) is 0 Å². The lowest BCUT2D eigenvalue weighted by molar-refractivity contribution is 0.609. The van der Waals surface area contributed by atoms with E-state index in [4.69, 9.17) is 15.0 Å². The number of hydrogen-bond acceptors (Lipinski definition) is 4. The quantitative estimate of drug-likeness (QED) is 0.351. The van der Waals surface area contributed by atoms with Gasteiger partial charge in [0, 0.05) is 0 Å². The minimum atomic E-state index is 0. The lowest BCUT2D eigenvalue weighted by Crippen LogP contribution is -1.97. The first kappa shape index (κ1) is 23.5. The largest absolute Gasteiger partial charge is 0.316 e. The maximum Gasteiger partial charge on any atom is 0.316 e. The molecule has 4 nitrogen and oxygen atoms in total. The van der Waals surface area contributed by atoms with Gasteiger partial charge in [-0.2, -0.15) is 0 Å². The number of rotatable bonds is 7. The predicted octanol–water partition coefficient (Wildman–Crippen LogP) is 5.78. The van der Waals surface area contributed by atoms with Crippen LogP contribution in [0.5, 0.6) is 0 Å². The molecule has 0 radical (unpaired) electrons. The molecule has 0 aliphatic carbocycles. The number of hydrogen-bond donors (Lipinski definition) is 0. The van der Waals surface area contributed by atoms with Crippen molar-refractivity contribution in [2.45, 2.75) is 51.9 Å². The number of unbranched alkanes of at least 4 members (excludes halogenated alkanes) is 5. The van der Waals surface area contributed by atoms with Gasteiger partial charge in [0.25, 0.3) is 0 Å². The molecule has 0 amide bonds. The molecule has 0 N–H and O–H groups in total. The van der Waals surface area contributed by atoms with Crippen LogP contribution in [0.4, 0.5) is 0 Å². The highest BCUT2D eigenvalue weighted by atomic mass is 24.3. The van der Waals surface area contributed by atoms with Crippen LogP contribution in [0.25, 0.3) is 0 Å². The smallest absolute Gasteiger partial charge is 0.249 e. The molecule has 0 aromatic heterocycles. The Morgan fingerprint density at radius 3 is 1.64 bits per heavy atom. The summed E-state index contributed by atoms with van der Waals surface area (Å²) < 4.78 is 0. The Morgan fingerprint density at radius 2 is 1.03 bits per heavy atom. The third-order valence-electron chi connectivity index (χ3n) is 5.92. The average molecular weight is 447 g/mol. The van der Waals surface area contributed by atoms with Gasteiger partial charge < -0.3 is 0 Å². The fraction of sp³-hybridized carbons (Fsp3) is 0.286. The maximum atomic E-state index is 4.92. The van der Waals surface area contributed by atoms with Crippen molar-refractivity contribution in [2.24, 2.45) is 20.0 Å². The topological polar surface area (TPSA) is 49.4 Å². The Kier molecular flexibility index (Phi) is 7.83. The summed E-state index contributed by atoms with van der Waals surface area (Å²) in [5.41, 5.74) is 8.77. The summed E-state index contributed by atoms with van der Waals surface area (Å²) in [6.45, 7) is 2.26. The Balaban J connectivity index is 0.00000259. The van der Waals surface area contributed by atoms with E-state index in [1.807, 2.05) is 42.5 Å². The molecule has 0 unspecified atom stereocenters. The molecule has 0 fully saturated rings. The zero-order chi connectivity index (χ0) is 21.8. The molecule has 5 aliphatic heterocycles. The molecule has 0 saturated heterocycles. The van der Waals surface area contributed by atoms with Gasteiger partial charge in [-0.3, -0.25) is 0 Å². The van der Waals surface area contributed by atoms with Crippen molar-refractivity contribution in [3.63, 3.8) is 0 Å². The van der Waals surface area contributed by atoms with E-state index in [0.29, 0.717) is 0 Å². The fourth-order valence-electron chi connectivity index (χ4n) is 4.25. The van der Waals surface area contributed by atoms with Gasteiger partial charge in [-0.1, -0.05) is 39.0 Å². The minimum absolute atomic E-state index is 0. The second-order valence-corrected chi connectivity index (χ2v) is 8.57. The normalized spacial score (nSPS) is 19.7. The van der Waals surface area contributed by atoms with E-state index < -0.39 is 0 Å². The summed E-state index contributed by atoms with van der Waals surface area (Å²) in [4.78, 5) is 19.1. The van der Waals surface area contributed by atoms with Gasteiger partial charge >= 0.3 is 23.1 Å². The van der Waals surface area contributed by atoms with Crippen LogP contribution in [0.1, 0.15) is 51.9 Å². The van der Waals surface area contributed by atoms with Gasteiger partial charge in [0.15, 0.2) is 0 Å². The second-order valence-electron chi connectivity index (χ2n) is 8.57. The van der Waals surface area contributed by atoms with Crippen molar-refractivity contribution in [2.75, 3.05) is 0 Å². The first-order valence-electron chi connectivity index (χ1n) is 11.7. The first-order valence-corrected chi connectivity index (χ1v) is 11.7. The first-order chi connectivity index (χ1) is 15.7. The summed E-state index contributed by atoms with van der Waals surface area (Å²) in [7, 11) is 0. The highest BCUT2D eigenvalue weighted by Gasteiger charge is 2.16. The third kappa shape index (κ3) is 6.04. The molecule has 0 atom stereocenters. The van der Waals surface area contributed by atoms with Crippen LogP contribution in [0.3, 0.4) is 0 Å². The third-order valence-corrected chi connectivity index (χ3v) is 5.92. The van der Waals surface area contributed by atoms with Crippen LogP contribution in [0.2, 0.25) is 0 Å². The van der Waals surface area contributed by atoms with E-state index in [9.17, 15) is 0 Å². The van der Waals surface area contributed by atoms with Gasteiger partial charge in [0.05, 0.1) is 45.6 Å². The Hall–Kier alpha value is -2.63. The van der Waals surface area contributed by atoms with Crippen molar-refractivity contribution in [3.05, 3.63) is 95.2 Å². The second kappa shape index (κ2) is 11.0. The van der Waals surface area contributed by atoms with Crippen LogP contribution < -0.4 is 0 Å². The molecule has 8 bridgehead atoms. The molecule has 0 spiro atoms. The summed E-state index contributed by atoms with van der Waals surface area (Å²) in [5.74, 6) is 0. The molecular formula is C28H30MgN4. The van der Waals surface area contributed by atoms with E-state index in [-0.39, 0.29) is 23.1 Å². The van der Waals surface area contributed by atoms with Crippen LogP contribution in [-0.4, -0.2) is 45.9 Å². The highest BCUT2D eigenvalue weighted by Crippen LogP contribution is 2.26. The Bertz CT molecular complexity index is 1190. The van der Waals surface area contributed by atoms with Gasteiger partial charge in [-0.05, 0) is 85.3 Å². The van der Waals surface area contributed by atoms with Gasteiger partial charge in [-0.25, -0.2) is 20.0 Å². The van der Waals surface area contributed by atoms with Gasteiger partial charge in [0.1, 0.15) is 0 Å². The lowest BCUT2D eigenvalue weighted by atomic mass is 10.0. The summed E-state index contributed by atoms with van der Waals surface area (Å²) in [6.07, 6.45) is 31.4. The average Bonchev–Trinajstić information content (AvgIpc) is 3.56. The summed E-state index contributed by atoms with van der Waals surface area (Å²) >= 11 is 0. The van der Waals surface area contributed by atoms with Gasteiger partial charge in [-0.15, -0.1) is 0 Å². The van der Waals surface area contributed by atoms with E-state index in [0.717, 1.165) is 52.1 Å². The minimum Gasteiger partial charge on any atom is -0.249 e. The Morgan fingerprint density at radius 1 is 0.515 bits per heavy atom. The molecule has 5 aliphatic rings. The maximum absolute atomic E-state index is 4.92. The monoisotopic (exact) mass is 446 g/mol. The molecule has 0 aromatic rings. The van der Waals surface area contributed by atoms with Crippen LogP contribution in [0.15, 0.2) is 115 Å². The standard InChI is InChI=1S/C28H28N4.Mg.2H/c1-2-3-4-5-6-7-8-20-15-27-18-25-12-11-23(30-25)16-21-9-10-22(29-21)17-24-13-14-26(31-24)19-28(20)32-27;;;/h9-19H,2-8H2,1H3;;;. The molecule has 0 aromatic carbocycles. The molecule has 164 valence electrons. The van der Waals surface area contributed by atoms with Crippen molar-refractivity contribution in [1.82, 2.24) is 0 Å². The molecule has 5 rings (SSSR count). The molecule has 5 heterocycles. The Labute approximate surface area is 212 Å². The van der Waals surface area contributed by atoms with E-state index in [1.54, 1.807) is 0 Å². The summed E-state index contributed by atoms with van der Waals surface area (Å²) in [6, 6.07) is 0. The van der Waals surface area contributed by atoms with E-state index in [1.165, 1.54) is 44.1 Å². The van der Waals surface area contributed by atoms with Crippen molar-refractivity contribution < 1.29 is 0 Å². The fourth-order valence-corrected chi connectivity index (χ4v) is 4.25. The van der Waals surface area contributed by atoms with Crippen LogP contribution in [0, 0.1) is 0 Å². The predicted molar refractivity (Wildman–Crippen MR) is 144 cm³/mol. The van der Waals surface area contributed by atoms with Crippen molar-refractivity contribution >= 4 is 45.9 Å². The van der Waals surface area contributed by atoms with Crippen LogP contribution >= 0.6 is 0 Å². The molecule has 33 heavy (non-hydrogen) atoms. The number of fused-ring (bicyclic) bond motifs is 4. The summed E-state index contributed by atoms with van der Waals surface area (Å²) in [5, 5.41) is 0. The van der Waals surface area contributed by atoms with Crippen LogP contribution in [-0.2, 0) is 0 Å².